The van der Waals surface area contributed by atoms with Crippen LogP contribution in [0.4, 0.5) is 5.82 Å². The van der Waals surface area contributed by atoms with Gasteiger partial charge in [0, 0.05) is 25.8 Å². The largest absolute Gasteiger partial charge is 0.454 e. The molecular formula is C23H35N3O2. The lowest BCUT2D eigenvalue weighted by molar-refractivity contribution is 0.173. The fourth-order valence-electron chi connectivity index (χ4n) is 3.27. The molecule has 3 rings (SSSR count). The standard InChI is InChI=1S/C21H29N3O2.C2H6/c1-3-12-24(13-4-2)20-14-17(8-11-23-20)15-22-10-9-18-6-5-7-19-21(18)26-16-25-19;1-2/h5-8,11,14,22H,3-4,9-10,12-13,15-16H2,1-2H3;1-2H3. The molecule has 2 heterocycles. The molecule has 0 bridgehead atoms. The highest BCUT2D eigenvalue weighted by atomic mass is 16.7. The average Bonchev–Trinajstić information content (AvgIpc) is 3.22. The zero-order chi connectivity index (χ0) is 20.2. The Kier molecular flexibility index (Phi) is 9.63. The van der Waals surface area contributed by atoms with Crippen LogP contribution in [0, 0.1) is 0 Å². The summed E-state index contributed by atoms with van der Waals surface area (Å²) in [6.07, 6.45) is 5.11. The molecule has 0 aliphatic carbocycles. The van der Waals surface area contributed by atoms with E-state index >= 15 is 0 Å². The monoisotopic (exact) mass is 385 g/mol. The number of benzene rings is 1. The van der Waals surface area contributed by atoms with Crippen molar-refractivity contribution in [1.82, 2.24) is 10.3 Å². The van der Waals surface area contributed by atoms with E-state index in [4.69, 9.17) is 9.47 Å². The third-order valence-corrected chi connectivity index (χ3v) is 4.50. The lowest BCUT2D eigenvalue weighted by atomic mass is 10.1. The summed E-state index contributed by atoms with van der Waals surface area (Å²) < 4.78 is 11.0. The van der Waals surface area contributed by atoms with Crippen LogP contribution in [0.25, 0.3) is 0 Å². The van der Waals surface area contributed by atoms with Crippen LogP contribution in [0.1, 0.15) is 51.7 Å². The third kappa shape index (κ3) is 6.13. The Balaban J connectivity index is 0.00000136. The predicted octanol–water partition coefficient (Wildman–Crippen LogP) is 4.80. The van der Waals surface area contributed by atoms with Gasteiger partial charge in [-0.1, -0.05) is 39.8 Å². The van der Waals surface area contributed by atoms with Crippen molar-refractivity contribution in [2.75, 3.05) is 31.3 Å². The Bertz CT molecular complexity index is 700. The van der Waals surface area contributed by atoms with E-state index < -0.39 is 0 Å². The first kappa shape index (κ1) is 22.0. The molecule has 1 aromatic carbocycles. The van der Waals surface area contributed by atoms with Crippen LogP contribution in [-0.2, 0) is 13.0 Å². The Labute approximate surface area is 170 Å². The lowest BCUT2D eigenvalue weighted by Crippen LogP contribution is -2.26. The van der Waals surface area contributed by atoms with Crippen molar-refractivity contribution in [3.05, 3.63) is 47.7 Å². The van der Waals surface area contributed by atoms with E-state index in [0.717, 1.165) is 62.8 Å². The van der Waals surface area contributed by atoms with Gasteiger partial charge >= 0.3 is 0 Å². The molecule has 1 aromatic heterocycles. The van der Waals surface area contributed by atoms with Gasteiger partial charge in [-0.3, -0.25) is 0 Å². The molecule has 1 aliphatic heterocycles. The summed E-state index contributed by atoms with van der Waals surface area (Å²) in [5.41, 5.74) is 2.46. The average molecular weight is 386 g/mol. The summed E-state index contributed by atoms with van der Waals surface area (Å²) in [5, 5.41) is 3.53. The molecule has 0 saturated heterocycles. The number of nitrogens with zero attached hydrogens (tertiary/aromatic N) is 2. The topological polar surface area (TPSA) is 46.6 Å². The van der Waals surface area contributed by atoms with Gasteiger partial charge < -0.3 is 19.7 Å². The van der Waals surface area contributed by atoms with E-state index in [0.29, 0.717) is 6.79 Å². The van der Waals surface area contributed by atoms with Crippen LogP contribution in [0.3, 0.4) is 0 Å². The maximum atomic E-state index is 5.57. The van der Waals surface area contributed by atoms with Gasteiger partial charge in [-0.25, -0.2) is 4.98 Å². The van der Waals surface area contributed by atoms with Gasteiger partial charge in [-0.05, 0) is 55.1 Å². The van der Waals surface area contributed by atoms with Crippen molar-refractivity contribution in [2.24, 2.45) is 0 Å². The minimum atomic E-state index is 0.325. The van der Waals surface area contributed by atoms with Crippen molar-refractivity contribution in [3.8, 4) is 11.5 Å². The summed E-state index contributed by atoms with van der Waals surface area (Å²) >= 11 is 0. The number of ether oxygens (including phenoxy) is 2. The van der Waals surface area contributed by atoms with Crippen LogP contribution in [0.15, 0.2) is 36.5 Å². The Morgan fingerprint density at radius 3 is 2.61 bits per heavy atom. The number of nitrogens with one attached hydrogen (secondary N) is 1. The minimum absolute atomic E-state index is 0.325. The number of pyridine rings is 1. The first-order valence-corrected chi connectivity index (χ1v) is 10.6. The SMILES string of the molecule is CC.CCCN(CCC)c1cc(CNCCc2cccc3c2OCO3)ccn1. The minimum Gasteiger partial charge on any atom is -0.454 e. The number of rotatable bonds is 10. The second kappa shape index (κ2) is 12.2. The molecule has 28 heavy (non-hydrogen) atoms. The summed E-state index contributed by atoms with van der Waals surface area (Å²) in [4.78, 5) is 6.93. The summed E-state index contributed by atoms with van der Waals surface area (Å²) in [7, 11) is 0. The Morgan fingerprint density at radius 1 is 1.07 bits per heavy atom. The molecule has 2 aromatic rings. The molecule has 5 heteroatoms. The lowest BCUT2D eigenvalue weighted by Gasteiger charge is -2.23. The van der Waals surface area contributed by atoms with E-state index in [2.05, 4.69) is 47.2 Å². The molecule has 0 amide bonds. The molecule has 154 valence electrons. The summed E-state index contributed by atoms with van der Waals surface area (Å²) in [6, 6.07) is 10.4. The number of para-hydroxylation sites is 1. The van der Waals surface area contributed by atoms with Crippen molar-refractivity contribution in [3.63, 3.8) is 0 Å². The van der Waals surface area contributed by atoms with Crippen LogP contribution < -0.4 is 19.7 Å². The third-order valence-electron chi connectivity index (χ3n) is 4.50. The smallest absolute Gasteiger partial charge is 0.231 e. The van der Waals surface area contributed by atoms with E-state index in [1.807, 2.05) is 32.2 Å². The highest BCUT2D eigenvalue weighted by Gasteiger charge is 2.16. The van der Waals surface area contributed by atoms with E-state index in [1.165, 1.54) is 11.1 Å². The van der Waals surface area contributed by atoms with E-state index in [-0.39, 0.29) is 0 Å². The quantitative estimate of drug-likeness (QED) is 0.596. The number of hydrogen-bond acceptors (Lipinski definition) is 5. The van der Waals surface area contributed by atoms with Gasteiger partial charge in [-0.15, -0.1) is 0 Å². The van der Waals surface area contributed by atoms with Crippen molar-refractivity contribution >= 4 is 5.82 Å². The molecule has 0 atom stereocenters. The molecule has 0 fully saturated rings. The van der Waals surface area contributed by atoms with Crippen LogP contribution in [0.2, 0.25) is 0 Å². The molecule has 0 unspecified atom stereocenters. The fourth-order valence-corrected chi connectivity index (χ4v) is 3.27. The van der Waals surface area contributed by atoms with Gasteiger partial charge in [0.05, 0.1) is 0 Å². The molecule has 1 aliphatic rings. The molecular weight excluding hydrogens is 350 g/mol. The molecule has 5 nitrogen and oxygen atoms in total. The Morgan fingerprint density at radius 2 is 1.86 bits per heavy atom. The van der Waals surface area contributed by atoms with Crippen LogP contribution in [0.5, 0.6) is 11.5 Å². The first-order chi connectivity index (χ1) is 13.8. The van der Waals surface area contributed by atoms with Gasteiger partial charge in [0.15, 0.2) is 11.5 Å². The zero-order valence-electron chi connectivity index (χ0n) is 17.8. The van der Waals surface area contributed by atoms with Crippen molar-refractivity contribution < 1.29 is 9.47 Å². The molecule has 1 N–H and O–H groups in total. The number of hydrogen-bond donors (Lipinski definition) is 1. The van der Waals surface area contributed by atoms with Crippen molar-refractivity contribution in [1.29, 1.82) is 0 Å². The fraction of sp³-hybridized carbons (Fsp3) is 0.522. The molecule has 0 radical (unpaired) electrons. The number of fused-ring (bicyclic) bond motifs is 1. The highest BCUT2D eigenvalue weighted by Crippen LogP contribution is 2.35. The van der Waals surface area contributed by atoms with Gasteiger partial charge in [-0.2, -0.15) is 0 Å². The molecule has 0 spiro atoms. The maximum absolute atomic E-state index is 5.57. The van der Waals surface area contributed by atoms with Crippen LogP contribution in [-0.4, -0.2) is 31.4 Å². The first-order valence-electron chi connectivity index (χ1n) is 10.6. The van der Waals surface area contributed by atoms with Crippen LogP contribution >= 0.6 is 0 Å². The predicted molar refractivity (Wildman–Crippen MR) is 116 cm³/mol. The number of aromatic nitrogens is 1. The summed E-state index contributed by atoms with van der Waals surface area (Å²) in [6.45, 7) is 12.6. The molecule has 0 saturated carbocycles. The van der Waals surface area contributed by atoms with Gasteiger partial charge in [0.25, 0.3) is 0 Å². The van der Waals surface area contributed by atoms with Crippen molar-refractivity contribution in [2.45, 2.75) is 53.5 Å². The maximum Gasteiger partial charge on any atom is 0.231 e. The highest BCUT2D eigenvalue weighted by molar-refractivity contribution is 5.48. The Hall–Kier alpha value is -2.27. The number of anilines is 1. The second-order valence-corrected chi connectivity index (χ2v) is 6.59. The zero-order valence-corrected chi connectivity index (χ0v) is 17.8. The van der Waals surface area contributed by atoms with E-state index in [9.17, 15) is 0 Å². The summed E-state index contributed by atoms with van der Waals surface area (Å²) in [5.74, 6) is 2.84. The second-order valence-electron chi connectivity index (χ2n) is 6.59. The van der Waals surface area contributed by atoms with Gasteiger partial charge in [0.2, 0.25) is 6.79 Å². The van der Waals surface area contributed by atoms with Gasteiger partial charge in [0.1, 0.15) is 5.82 Å². The van der Waals surface area contributed by atoms with E-state index in [1.54, 1.807) is 0 Å². The normalized spacial score (nSPS) is 11.7.